The molecule has 2 heterocycles. The van der Waals surface area contributed by atoms with Gasteiger partial charge in [0.25, 0.3) is 0 Å². The van der Waals surface area contributed by atoms with Gasteiger partial charge >= 0.3 is 6.03 Å². The minimum atomic E-state index is -0.633. The van der Waals surface area contributed by atoms with Gasteiger partial charge in [-0.15, -0.1) is 0 Å². The van der Waals surface area contributed by atoms with E-state index in [1.54, 1.807) is 35.4 Å². The van der Waals surface area contributed by atoms with Gasteiger partial charge in [-0.25, -0.2) is 9.18 Å². The summed E-state index contributed by atoms with van der Waals surface area (Å²) in [7, 11) is 0. The number of fused-ring (bicyclic) bond motifs is 1. The van der Waals surface area contributed by atoms with E-state index >= 15 is 0 Å². The Morgan fingerprint density at radius 3 is 2.69 bits per heavy atom. The van der Waals surface area contributed by atoms with Crippen molar-refractivity contribution in [2.24, 2.45) is 5.73 Å². The minimum Gasteiger partial charge on any atom is -0.351 e. The quantitative estimate of drug-likeness (QED) is 0.616. The van der Waals surface area contributed by atoms with Crippen molar-refractivity contribution in [2.75, 3.05) is 6.54 Å². The number of carbonyl (C=O) groups excluding carboxylic acids is 3. The van der Waals surface area contributed by atoms with Gasteiger partial charge in [0.2, 0.25) is 11.8 Å². The fourth-order valence-corrected chi connectivity index (χ4v) is 4.35. The number of rotatable bonds is 5. The highest BCUT2D eigenvalue weighted by molar-refractivity contribution is 6.30. The molecule has 0 spiro atoms. The summed E-state index contributed by atoms with van der Waals surface area (Å²) in [6, 6.07) is 10.5. The molecule has 4 rings (SSSR count). The first-order chi connectivity index (χ1) is 15.4. The Bertz CT molecular complexity index is 1210. The number of amides is 3. The molecule has 32 heavy (non-hydrogen) atoms. The third-order valence-corrected chi connectivity index (χ3v) is 6.03. The van der Waals surface area contributed by atoms with Crippen molar-refractivity contribution >= 4 is 40.3 Å². The van der Waals surface area contributed by atoms with Crippen LogP contribution in [-0.2, 0) is 22.6 Å². The first-order valence-electron chi connectivity index (χ1n) is 10.3. The number of aromatic nitrogens is 1. The van der Waals surface area contributed by atoms with Gasteiger partial charge in [0.05, 0.1) is 17.0 Å². The van der Waals surface area contributed by atoms with Crippen LogP contribution in [0.3, 0.4) is 0 Å². The van der Waals surface area contributed by atoms with Crippen LogP contribution in [0.25, 0.3) is 10.9 Å². The summed E-state index contributed by atoms with van der Waals surface area (Å²) >= 11 is 5.79. The second kappa shape index (κ2) is 9.00. The van der Waals surface area contributed by atoms with Gasteiger partial charge in [-0.3, -0.25) is 14.2 Å². The van der Waals surface area contributed by atoms with E-state index in [0.717, 1.165) is 5.39 Å². The smallest absolute Gasteiger partial charge is 0.323 e. The Hall–Kier alpha value is -3.39. The number of nitrogens with one attached hydrogen (secondary N) is 1. The predicted octanol–water partition coefficient (Wildman–Crippen LogP) is 3.21. The largest absolute Gasteiger partial charge is 0.351 e. The Labute approximate surface area is 188 Å². The lowest BCUT2D eigenvalue weighted by atomic mass is 10.1. The normalized spacial score (nSPS) is 15.8. The van der Waals surface area contributed by atoms with E-state index in [1.165, 1.54) is 10.6 Å². The molecule has 1 saturated heterocycles. The SMILES string of the molecule is NC(=O)n1cc(CC(=O)N2CCCC2C(=O)NCc2cccc(Cl)c2F)c2ccccc21. The Kier molecular flexibility index (Phi) is 6.14. The highest BCUT2D eigenvalue weighted by atomic mass is 35.5. The van der Waals surface area contributed by atoms with Crippen LogP contribution < -0.4 is 11.1 Å². The number of hydrogen-bond acceptors (Lipinski definition) is 3. The first kappa shape index (κ1) is 21.8. The number of nitrogens with zero attached hydrogens (tertiary/aromatic N) is 2. The molecule has 1 aliphatic heterocycles. The van der Waals surface area contributed by atoms with Crippen LogP contribution in [-0.4, -0.2) is 39.9 Å². The summed E-state index contributed by atoms with van der Waals surface area (Å²) in [5.41, 5.74) is 7.02. The minimum absolute atomic E-state index is 0.00968. The summed E-state index contributed by atoms with van der Waals surface area (Å²) in [5, 5.41) is 3.46. The molecule has 7 nitrogen and oxygen atoms in total. The van der Waals surface area contributed by atoms with Crippen LogP contribution in [0, 0.1) is 5.82 Å². The highest BCUT2D eigenvalue weighted by Crippen LogP contribution is 2.25. The molecule has 3 aromatic rings. The first-order valence-corrected chi connectivity index (χ1v) is 10.6. The fraction of sp³-hybridized carbons (Fsp3) is 0.261. The number of para-hydroxylation sites is 1. The summed E-state index contributed by atoms with van der Waals surface area (Å²) in [6.45, 7) is 0.437. The number of carbonyl (C=O) groups is 3. The monoisotopic (exact) mass is 456 g/mol. The lowest BCUT2D eigenvalue weighted by Gasteiger charge is -2.24. The van der Waals surface area contributed by atoms with E-state index in [0.29, 0.717) is 30.5 Å². The molecule has 0 saturated carbocycles. The zero-order chi connectivity index (χ0) is 22.8. The van der Waals surface area contributed by atoms with Crippen molar-refractivity contribution in [1.29, 1.82) is 0 Å². The lowest BCUT2D eigenvalue weighted by molar-refractivity contribution is -0.138. The fourth-order valence-electron chi connectivity index (χ4n) is 4.16. The van der Waals surface area contributed by atoms with E-state index < -0.39 is 17.9 Å². The average Bonchev–Trinajstić information content (AvgIpc) is 3.40. The van der Waals surface area contributed by atoms with Crippen LogP contribution in [0.5, 0.6) is 0 Å². The van der Waals surface area contributed by atoms with Gasteiger partial charge in [-0.2, -0.15) is 0 Å². The van der Waals surface area contributed by atoms with Crippen molar-refractivity contribution in [1.82, 2.24) is 14.8 Å². The van der Waals surface area contributed by atoms with Gasteiger partial charge in [0, 0.05) is 30.2 Å². The number of likely N-dealkylation sites (tertiary alicyclic amines) is 1. The van der Waals surface area contributed by atoms with Crippen LogP contribution >= 0.6 is 11.6 Å². The van der Waals surface area contributed by atoms with Gasteiger partial charge in [-0.1, -0.05) is 41.9 Å². The van der Waals surface area contributed by atoms with Crippen molar-refractivity contribution in [3.63, 3.8) is 0 Å². The van der Waals surface area contributed by atoms with Gasteiger partial charge in [0.15, 0.2) is 0 Å². The number of nitrogens with two attached hydrogens (primary N) is 1. The molecule has 1 fully saturated rings. The molecule has 0 aliphatic carbocycles. The molecular formula is C23H22ClFN4O3. The number of benzene rings is 2. The molecule has 1 aromatic heterocycles. The molecule has 1 unspecified atom stereocenters. The number of primary amides is 1. The molecule has 166 valence electrons. The maximum atomic E-state index is 14.1. The van der Waals surface area contributed by atoms with Crippen molar-refractivity contribution < 1.29 is 18.8 Å². The molecule has 0 radical (unpaired) electrons. The van der Waals surface area contributed by atoms with E-state index in [9.17, 15) is 18.8 Å². The molecule has 3 amide bonds. The van der Waals surface area contributed by atoms with E-state index in [4.69, 9.17) is 17.3 Å². The van der Waals surface area contributed by atoms with E-state index in [2.05, 4.69) is 5.32 Å². The zero-order valence-corrected chi connectivity index (χ0v) is 17.9. The van der Waals surface area contributed by atoms with Crippen molar-refractivity contribution in [3.05, 3.63) is 70.6 Å². The standard InChI is InChI=1S/C23H22ClFN4O3/c24-17-7-3-5-14(21(17)25)12-27-22(31)19-9-4-10-28(19)20(30)11-15-13-29(23(26)32)18-8-2-1-6-16(15)18/h1-3,5-8,13,19H,4,9-12H2,(H2,26,32)(H,27,31). The summed E-state index contributed by atoms with van der Waals surface area (Å²) < 4.78 is 15.4. The third kappa shape index (κ3) is 4.18. The highest BCUT2D eigenvalue weighted by Gasteiger charge is 2.34. The summed E-state index contributed by atoms with van der Waals surface area (Å²) in [5.74, 6) is -1.13. The molecule has 1 atom stereocenters. The maximum absolute atomic E-state index is 14.1. The van der Waals surface area contributed by atoms with E-state index in [-0.39, 0.29) is 35.4 Å². The van der Waals surface area contributed by atoms with Crippen LogP contribution in [0.1, 0.15) is 24.0 Å². The Morgan fingerprint density at radius 2 is 1.91 bits per heavy atom. The van der Waals surface area contributed by atoms with Crippen LogP contribution in [0.4, 0.5) is 9.18 Å². The Balaban J connectivity index is 1.47. The molecule has 1 aliphatic rings. The third-order valence-electron chi connectivity index (χ3n) is 5.73. The van der Waals surface area contributed by atoms with Crippen molar-refractivity contribution in [2.45, 2.75) is 31.8 Å². The van der Waals surface area contributed by atoms with E-state index in [1.807, 2.05) is 12.1 Å². The van der Waals surface area contributed by atoms with Crippen LogP contribution in [0.2, 0.25) is 5.02 Å². The maximum Gasteiger partial charge on any atom is 0.323 e. The van der Waals surface area contributed by atoms with Gasteiger partial charge < -0.3 is 16.0 Å². The molecule has 2 aromatic carbocycles. The number of hydrogen-bond donors (Lipinski definition) is 2. The predicted molar refractivity (Wildman–Crippen MR) is 119 cm³/mol. The zero-order valence-electron chi connectivity index (χ0n) is 17.2. The second-order valence-electron chi connectivity index (χ2n) is 7.73. The van der Waals surface area contributed by atoms with Gasteiger partial charge in [-0.05, 0) is 30.5 Å². The summed E-state index contributed by atoms with van der Waals surface area (Å²) in [6.07, 6.45) is 2.82. The van der Waals surface area contributed by atoms with Crippen molar-refractivity contribution in [3.8, 4) is 0 Å². The molecule has 3 N–H and O–H groups in total. The lowest BCUT2D eigenvalue weighted by Crippen LogP contribution is -2.46. The second-order valence-corrected chi connectivity index (χ2v) is 8.14. The van der Waals surface area contributed by atoms with Crippen LogP contribution in [0.15, 0.2) is 48.7 Å². The Morgan fingerprint density at radius 1 is 1.12 bits per heavy atom. The number of halogens is 2. The molecular weight excluding hydrogens is 435 g/mol. The average molecular weight is 457 g/mol. The topological polar surface area (TPSA) is 97.4 Å². The van der Waals surface area contributed by atoms with Gasteiger partial charge in [0.1, 0.15) is 11.9 Å². The molecule has 9 heteroatoms. The molecule has 0 bridgehead atoms. The summed E-state index contributed by atoms with van der Waals surface area (Å²) in [4.78, 5) is 39.1.